The first kappa shape index (κ1) is 12.1. The van der Waals surface area contributed by atoms with E-state index in [9.17, 15) is 4.79 Å². The van der Waals surface area contributed by atoms with Crippen molar-refractivity contribution in [1.82, 2.24) is 0 Å². The fourth-order valence-electron chi connectivity index (χ4n) is 1.91. The predicted molar refractivity (Wildman–Crippen MR) is 60.1 cm³/mol. The zero-order chi connectivity index (χ0) is 11.1. The average Bonchev–Trinajstić information content (AvgIpc) is 2.83. The van der Waals surface area contributed by atoms with Crippen LogP contribution in [0.2, 0.25) is 0 Å². The standard InChI is InChI=1S/C9H12.C4H8O2/c1-2-4-6-9-7-8(9)5-3-1;1-3-6-4(2)5/h8-9H,3-7H2;3H2,1-2H3/t8-,9+;. The Morgan fingerprint density at radius 3 is 2.13 bits per heavy atom. The maximum Gasteiger partial charge on any atom is 0.302 e. The van der Waals surface area contributed by atoms with E-state index in [1.165, 1.54) is 39.0 Å². The molecule has 0 amide bonds. The van der Waals surface area contributed by atoms with Gasteiger partial charge in [-0.1, -0.05) is 0 Å². The summed E-state index contributed by atoms with van der Waals surface area (Å²) in [5.41, 5.74) is 0. The summed E-state index contributed by atoms with van der Waals surface area (Å²) in [5, 5.41) is 0. The van der Waals surface area contributed by atoms with Crippen molar-refractivity contribution >= 4 is 5.97 Å². The third-order valence-electron chi connectivity index (χ3n) is 2.82. The van der Waals surface area contributed by atoms with E-state index in [2.05, 4.69) is 16.6 Å². The number of hydrogen-bond donors (Lipinski definition) is 0. The molecule has 0 aliphatic heterocycles. The van der Waals surface area contributed by atoms with Gasteiger partial charge in [-0.2, -0.15) is 0 Å². The third kappa shape index (κ3) is 5.47. The molecule has 84 valence electrons. The molecule has 0 unspecified atom stereocenters. The highest BCUT2D eigenvalue weighted by atomic mass is 16.5. The zero-order valence-electron chi connectivity index (χ0n) is 9.71. The van der Waals surface area contributed by atoms with Crippen molar-refractivity contribution in [3.8, 4) is 11.8 Å². The summed E-state index contributed by atoms with van der Waals surface area (Å²) in [5.74, 6) is 8.34. The zero-order valence-corrected chi connectivity index (χ0v) is 9.71. The van der Waals surface area contributed by atoms with Gasteiger partial charge in [-0.05, 0) is 38.0 Å². The van der Waals surface area contributed by atoms with Gasteiger partial charge in [-0.3, -0.25) is 4.79 Å². The number of rotatable bonds is 1. The molecule has 2 nitrogen and oxygen atoms in total. The molecular formula is C13H20O2. The number of ether oxygens (including phenoxy) is 1. The van der Waals surface area contributed by atoms with Gasteiger partial charge in [0.1, 0.15) is 0 Å². The van der Waals surface area contributed by atoms with Crippen LogP contribution in [0.5, 0.6) is 0 Å². The molecule has 0 aromatic heterocycles. The first-order valence-electron chi connectivity index (χ1n) is 5.83. The van der Waals surface area contributed by atoms with Crippen molar-refractivity contribution < 1.29 is 9.53 Å². The molecule has 2 heteroatoms. The molecule has 2 atom stereocenters. The summed E-state index contributed by atoms with van der Waals surface area (Å²) in [7, 11) is 0. The molecule has 0 spiro atoms. The van der Waals surface area contributed by atoms with E-state index in [1.807, 2.05) is 0 Å². The molecule has 1 saturated carbocycles. The van der Waals surface area contributed by atoms with Gasteiger partial charge >= 0.3 is 5.97 Å². The van der Waals surface area contributed by atoms with Crippen LogP contribution in [-0.2, 0) is 9.53 Å². The van der Waals surface area contributed by atoms with E-state index < -0.39 is 0 Å². The van der Waals surface area contributed by atoms with Gasteiger partial charge in [-0.15, -0.1) is 11.8 Å². The fraction of sp³-hybridized carbons (Fsp3) is 0.769. The lowest BCUT2D eigenvalue weighted by Crippen LogP contribution is -1.95. The Bertz CT molecular complexity index is 243. The van der Waals surface area contributed by atoms with Crippen LogP contribution >= 0.6 is 0 Å². The van der Waals surface area contributed by atoms with Crippen LogP contribution in [0.1, 0.15) is 46.0 Å². The highest BCUT2D eigenvalue weighted by Crippen LogP contribution is 2.45. The maximum absolute atomic E-state index is 9.82. The molecule has 0 aromatic rings. The molecule has 0 heterocycles. The fourth-order valence-corrected chi connectivity index (χ4v) is 1.91. The van der Waals surface area contributed by atoms with E-state index in [-0.39, 0.29) is 5.97 Å². The minimum atomic E-state index is -0.211. The van der Waals surface area contributed by atoms with Gasteiger partial charge in [0, 0.05) is 19.8 Å². The molecule has 15 heavy (non-hydrogen) atoms. The van der Waals surface area contributed by atoms with E-state index in [1.54, 1.807) is 6.92 Å². The minimum Gasteiger partial charge on any atom is -0.466 e. The molecule has 2 aliphatic carbocycles. The van der Waals surface area contributed by atoms with Crippen LogP contribution in [-0.4, -0.2) is 12.6 Å². The van der Waals surface area contributed by atoms with E-state index in [4.69, 9.17) is 0 Å². The molecule has 0 saturated heterocycles. The summed E-state index contributed by atoms with van der Waals surface area (Å²) in [6.07, 6.45) is 6.61. The molecule has 0 N–H and O–H groups in total. The predicted octanol–water partition coefficient (Wildman–Crippen LogP) is 2.77. The molecule has 2 rings (SSSR count). The number of hydrogen-bond acceptors (Lipinski definition) is 2. The van der Waals surface area contributed by atoms with Crippen LogP contribution in [0.15, 0.2) is 0 Å². The summed E-state index contributed by atoms with van der Waals surface area (Å²) in [6.45, 7) is 3.65. The van der Waals surface area contributed by atoms with Crippen molar-refractivity contribution in [2.45, 2.75) is 46.0 Å². The Hall–Kier alpha value is -0.970. The summed E-state index contributed by atoms with van der Waals surface area (Å²) in [6, 6.07) is 0. The van der Waals surface area contributed by atoms with Gasteiger partial charge in [-0.25, -0.2) is 0 Å². The second-order valence-corrected chi connectivity index (χ2v) is 4.11. The second-order valence-electron chi connectivity index (χ2n) is 4.11. The lowest BCUT2D eigenvalue weighted by Gasteiger charge is -1.96. The van der Waals surface area contributed by atoms with Gasteiger partial charge in [0.2, 0.25) is 0 Å². The van der Waals surface area contributed by atoms with E-state index in [0.717, 1.165) is 11.8 Å². The number of carbonyl (C=O) groups is 1. The minimum absolute atomic E-state index is 0.211. The molecule has 0 radical (unpaired) electrons. The van der Waals surface area contributed by atoms with Gasteiger partial charge < -0.3 is 4.74 Å². The second kappa shape index (κ2) is 6.50. The molecular weight excluding hydrogens is 188 g/mol. The van der Waals surface area contributed by atoms with Crippen molar-refractivity contribution in [1.29, 1.82) is 0 Å². The van der Waals surface area contributed by atoms with Crippen molar-refractivity contribution in [2.24, 2.45) is 11.8 Å². The Kier molecular flexibility index (Phi) is 5.25. The Balaban J connectivity index is 0.000000167. The lowest BCUT2D eigenvalue weighted by molar-refractivity contribution is -0.140. The first-order valence-corrected chi connectivity index (χ1v) is 5.83. The third-order valence-corrected chi connectivity index (χ3v) is 2.82. The summed E-state index contributed by atoms with van der Waals surface area (Å²) >= 11 is 0. The highest BCUT2D eigenvalue weighted by Gasteiger charge is 2.35. The van der Waals surface area contributed by atoms with Crippen LogP contribution in [0.4, 0.5) is 0 Å². The Morgan fingerprint density at radius 2 is 1.80 bits per heavy atom. The summed E-state index contributed by atoms with van der Waals surface area (Å²) in [4.78, 5) is 9.82. The van der Waals surface area contributed by atoms with Gasteiger partial charge in [0.05, 0.1) is 6.61 Å². The Labute approximate surface area is 92.4 Å². The summed E-state index contributed by atoms with van der Waals surface area (Å²) < 4.78 is 4.40. The van der Waals surface area contributed by atoms with Crippen molar-refractivity contribution in [3.63, 3.8) is 0 Å². The van der Waals surface area contributed by atoms with Crippen LogP contribution in [0.25, 0.3) is 0 Å². The van der Waals surface area contributed by atoms with Crippen LogP contribution < -0.4 is 0 Å². The number of esters is 1. The smallest absolute Gasteiger partial charge is 0.302 e. The quantitative estimate of drug-likeness (QED) is 0.489. The van der Waals surface area contributed by atoms with Crippen molar-refractivity contribution in [2.75, 3.05) is 6.61 Å². The van der Waals surface area contributed by atoms with Crippen LogP contribution in [0.3, 0.4) is 0 Å². The van der Waals surface area contributed by atoms with Crippen LogP contribution in [0, 0.1) is 23.7 Å². The number of carbonyl (C=O) groups excluding carboxylic acids is 1. The largest absolute Gasteiger partial charge is 0.466 e. The lowest BCUT2D eigenvalue weighted by atomic mass is 10.1. The normalized spacial score (nSPS) is 26.5. The molecule has 1 fully saturated rings. The van der Waals surface area contributed by atoms with E-state index in [0.29, 0.717) is 6.61 Å². The molecule has 0 aromatic carbocycles. The van der Waals surface area contributed by atoms with Crippen molar-refractivity contribution in [3.05, 3.63) is 0 Å². The molecule has 2 aliphatic rings. The Morgan fingerprint density at radius 1 is 1.27 bits per heavy atom. The van der Waals surface area contributed by atoms with E-state index >= 15 is 0 Å². The first-order chi connectivity index (χ1) is 7.24. The average molecular weight is 208 g/mol. The highest BCUT2D eigenvalue weighted by molar-refractivity contribution is 5.65. The number of fused-ring (bicyclic) bond motifs is 1. The van der Waals surface area contributed by atoms with Gasteiger partial charge in [0.25, 0.3) is 0 Å². The monoisotopic (exact) mass is 208 g/mol. The van der Waals surface area contributed by atoms with Gasteiger partial charge in [0.15, 0.2) is 0 Å². The topological polar surface area (TPSA) is 26.3 Å². The maximum atomic E-state index is 9.82. The molecule has 0 bridgehead atoms. The SMILES string of the molecule is C1#CCC[C@H]2C[C@H]2CC1.CCOC(C)=O.